The molecule has 2 aromatic rings. The topological polar surface area (TPSA) is 68.3 Å². The minimum Gasteiger partial charge on any atom is -0.340 e. The number of nitrogens with zero attached hydrogens (tertiary/aromatic N) is 2. The fraction of sp³-hybridized carbons (Fsp3) is 0.400. The molecule has 1 fully saturated rings. The highest BCUT2D eigenvalue weighted by atomic mass is 16.2. The van der Waals surface area contributed by atoms with Crippen molar-refractivity contribution >= 4 is 5.91 Å². The van der Waals surface area contributed by atoms with Crippen LogP contribution in [0.3, 0.4) is 0 Å². The largest absolute Gasteiger partial charge is 0.340 e. The molecule has 2 N–H and O–H groups in total. The summed E-state index contributed by atoms with van der Waals surface area (Å²) in [6.07, 6.45) is 1.60. The van der Waals surface area contributed by atoms with E-state index in [2.05, 4.69) is 0 Å². The van der Waals surface area contributed by atoms with Crippen molar-refractivity contribution < 1.29 is 4.79 Å². The first-order valence-corrected chi connectivity index (χ1v) is 8.90. The summed E-state index contributed by atoms with van der Waals surface area (Å²) in [4.78, 5) is 26.8. The number of hydrogen-bond donors (Lipinski definition) is 1. The smallest absolute Gasteiger partial charge is 0.250 e. The average molecular weight is 337 g/mol. The van der Waals surface area contributed by atoms with Crippen molar-refractivity contribution in [3.8, 4) is 0 Å². The molecule has 0 saturated carbocycles. The number of aromatic nitrogens is 1. The molecule has 1 aromatic carbocycles. The fourth-order valence-electron chi connectivity index (χ4n) is 4.27. The van der Waals surface area contributed by atoms with Gasteiger partial charge >= 0.3 is 0 Å². The summed E-state index contributed by atoms with van der Waals surface area (Å²) < 4.78 is 1.88. The average Bonchev–Trinajstić information content (AvgIpc) is 2.63. The standard InChI is InChI=1S/C20H23N3O2/c21-17(10-14-5-2-1-3-6-14)20(25)22-11-15-9-16(13-22)18-7-4-8-19(24)23(18)12-15/h1-8,15-17H,9-13,21H2/t15?,16?,17-/m0/s1. The first kappa shape index (κ1) is 16.1. The number of piperidine rings is 1. The Balaban J connectivity index is 1.50. The van der Waals surface area contributed by atoms with Crippen LogP contribution in [0.15, 0.2) is 53.3 Å². The van der Waals surface area contributed by atoms with E-state index in [9.17, 15) is 9.59 Å². The van der Waals surface area contributed by atoms with Gasteiger partial charge in [0.1, 0.15) is 0 Å². The molecule has 0 radical (unpaired) electrons. The molecule has 1 saturated heterocycles. The molecular formula is C20H23N3O2. The third kappa shape index (κ3) is 3.12. The summed E-state index contributed by atoms with van der Waals surface area (Å²) in [5, 5.41) is 0. The molecule has 2 aliphatic rings. The van der Waals surface area contributed by atoms with Gasteiger partial charge in [0.25, 0.3) is 5.56 Å². The molecule has 4 rings (SSSR count). The van der Waals surface area contributed by atoms with Gasteiger partial charge in [-0.3, -0.25) is 9.59 Å². The van der Waals surface area contributed by atoms with Crippen LogP contribution in [0, 0.1) is 5.92 Å². The van der Waals surface area contributed by atoms with Crippen molar-refractivity contribution in [1.82, 2.24) is 9.47 Å². The lowest BCUT2D eigenvalue weighted by Crippen LogP contribution is -2.53. The molecule has 5 heteroatoms. The summed E-state index contributed by atoms with van der Waals surface area (Å²) in [6.45, 7) is 2.04. The molecule has 5 nitrogen and oxygen atoms in total. The zero-order valence-corrected chi connectivity index (χ0v) is 14.2. The second-order valence-electron chi connectivity index (χ2n) is 7.24. The van der Waals surface area contributed by atoms with Crippen LogP contribution >= 0.6 is 0 Å². The SMILES string of the molecule is N[C@@H](Cc1ccccc1)C(=O)N1CC2CC(C1)c1cccc(=O)n1C2. The lowest BCUT2D eigenvalue weighted by atomic mass is 9.83. The van der Waals surface area contributed by atoms with Gasteiger partial charge in [-0.05, 0) is 30.4 Å². The number of likely N-dealkylation sites (tertiary alicyclic amines) is 1. The van der Waals surface area contributed by atoms with Crippen molar-refractivity contribution in [3.63, 3.8) is 0 Å². The van der Waals surface area contributed by atoms with Crippen molar-refractivity contribution in [1.29, 1.82) is 0 Å². The molecule has 2 aliphatic heterocycles. The number of amides is 1. The highest BCUT2D eigenvalue weighted by Crippen LogP contribution is 2.35. The molecule has 2 bridgehead atoms. The first-order chi connectivity index (χ1) is 12.1. The minimum atomic E-state index is -0.515. The van der Waals surface area contributed by atoms with Crippen LogP contribution in [0.1, 0.15) is 23.6 Å². The number of benzene rings is 1. The van der Waals surface area contributed by atoms with Crippen LogP contribution in [0.2, 0.25) is 0 Å². The van der Waals surface area contributed by atoms with E-state index in [0.717, 1.165) is 17.7 Å². The monoisotopic (exact) mass is 337 g/mol. The van der Waals surface area contributed by atoms with Crippen LogP contribution in [0.4, 0.5) is 0 Å². The van der Waals surface area contributed by atoms with E-state index in [1.165, 1.54) is 0 Å². The van der Waals surface area contributed by atoms with E-state index < -0.39 is 6.04 Å². The van der Waals surface area contributed by atoms with Gasteiger partial charge in [-0.15, -0.1) is 0 Å². The normalized spacial score (nSPS) is 23.0. The summed E-state index contributed by atoms with van der Waals surface area (Å²) in [5.74, 6) is 0.582. The van der Waals surface area contributed by atoms with E-state index in [0.29, 0.717) is 32.0 Å². The van der Waals surface area contributed by atoms with Crippen LogP contribution < -0.4 is 11.3 Å². The van der Waals surface area contributed by atoms with Crippen LogP contribution in [0.5, 0.6) is 0 Å². The molecule has 3 heterocycles. The Labute approximate surface area is 147 Å². The Kier molecular flexibility index (Phi) is 4.17. The highest BCUT2D eigenvalue weighted by molar-refractivity contribution is 5.82. The predicted molar refractivity (Wildman–Crippen MR) is 96.3 cm³/mol. The Morgan fingerprint density at radius 2 is 1.88 bits per heavy atom. The summed E-state index contributed by atoms with van der Waals surface area (Å²) in [7, 11) is 0. The molecule has 1 aromatic heterocycles. The molecule has 0 spiro atoms. The van der Waals surface area contributed by atoms with Crippen molar-refractivity contribution in [2.75, 3.05) is 13.1 Å². The van der Waals surface area contributed by atoms with Gasteiger partial charge in [0.05, 0.1) is 6.04 Å². The second-order valence-corrected chi connectivity index (χ2v) is 7.24. The summed E-state index contributed by atoms with van der Waals surface area (Å²) >= 11 is 0. The lowest BCUT2D eigenvalue weighted by Gasteiger charge is -2.43. The highest BCUT2D eigenvalue weighted by Gasteiger charge is 2.37. The van der Waals surface area contributed by atoms with Crippen molar-refractivity contribution in [2.45, 2.75) is 31.3 Å². The van der Waals surface area contributed by atoms with Crippen LogP contribution in [-0.2, 0) is 17.8 Å². The number of pyridine rings is 1. The van der Waals surface area contributed by atoms with Crippen molar-refractivity contribution in [3.05, 3.63) is 70.1 Å². The zero-order chi connectivity index (χ0) is 17.4. The number of nitrogens with two attached hydrogens (primary N) is 1. The van der Waals surface area contributed by atoms with E-state index in [1.54, 1.807) is 6.07 Å². The third-order valence-electron chi connectivity index (χ3n) is 5.41. The van der Waals surface area contributed by atoms with E-state index >= 15 is 0 Å². The maximum absolute atomic E-state index is 12.8. The third-order valence-corrected chi connectivity index (χ3v) is 5.41. The summed E-state index contributed by atoms with van der Waals surface area (Å²) in [6, 6.07) is 14.8. The van der Waals surface area contributed by atoms with Gasteiger partial charge in [0.2, 0.25) is 5.91 Å². The Hall–Kier alpha value is -2.40. The Bertz CT molecular complexity index is 830. The maximum atomic E-state index is 12.8. The van der Waals surface area contributed by atoms with Gasteiger partial charge in [0.15, 0.2) is 0 Å². The molecule has 1 amide bonds. The van der Waals surface area contributed by atoms with E-state index in [1.807, 2.05) is 51.9 Å². The minimum absolute atomic E-state index is 0.0188. The number of fused-ring (bicyclic) bond motifs is 4. The number of carbonyl (C=O) groups is 1. The molecule has 2 unspecified atom stereocenters. The van der Waals surface area contributed by atoms with Crippen molar-refractivity contribution in [2.24, 2.45) is 11.7 Å². The molecule has 3 atom stereocenters. The Morgan fingerprint density at radius 3 is 2.68 bits per heavy atom. The molecule has 0 aliphatic carbocycles. The molecular weight excluding hydrogens is 314 g/mol. The van der Waals surface area contributed by atoms with Gasteiger partial charge in [-0.25, -0.2) is 0 Å². The van der Waals surface area contributed by atoms with Gasteiger partial charge in [0, 0.05) is 37.3 Å². The van der Waals surface area contributed by atoms with Gasteiger partial charge in [-0.1, -0.05) is 36.4 Å². The zero-order valence-electron chi connectivity index (χ0n) is 14.2. The lowest BCUT2D eigenvalue weighted by molar-refractivity contribution is -0.135. The van der Waals surface area contributed by atoms with E-state index in [4.69, 9.17) is 5.73 Å². The molecule has 25 heavy (non-hydrogen) atoms. The van der Waals surface area contributed by atoms with Gasteiger partial charge in [-0.2, -0.15) is 0 Å². The fourth-order valence-corrected chi connectivity index (χ4v) is 4.27. The Morgan fingerprint density at radius 1 is 1.08 bits per heavy atom. The number of rotatable bonds is 3. The number of carbonyl (C=O) groups excluding carboxylic acids is 1. The second kappa shape index (κ2) is 6.48. The van der Waals surface area contributed by atoms with Gasteiger partial charge < -0.3 is 15.2 Å². The van der Waals surface area contributed by atoms with E-state index in [-0.39, 0.29) is 17.4 Å². The maximum Gasteiger partial charge on any atom is 0.250 e. The van der Waals surface area contributed by atoms with Crippen LogP contribution in [0.25, 0.3) is 0 Å². The predicted octanol–water partition coefficient (Wildman–Crippen LogP) is 1.36. The molecule has 130 valence electrons. The summed E-state index contributed by atoms with van der Waals surface area (Å²) in [5.41, 5.74) is 8.40. The number of hydrogen-bond acceptors (Lipinski definition) is 3. The quantitative estimate of drug-likeness (QED) is 0.920. The van der Waals surface area contributed by atoms with Crippen LogP contribution in [-0.4, -0.2) is 34.5 Å². The first-order valence-electron chi connectivity index (χ1n) is 8.90.